The first-order chi connectivity index (χ1) is 14.0. The minimum atomic E-state index is -0.914. The molecule has 1 aliphatic carbocycles. The summed E-state index contributed by atoms with van der Waals surface area (Å²) in [5, 5.41) is 12.1. The molecule has 29 heavy (non-hydrogen) atoms. The molecular weight excluding hydrogens is 386 g/mol. The van der Waals surface area contributed by atoms with Gasteiger partial charge < -0.3 is 15.2 Å². The molecule has 5 nitrogen and oxygen atoms in total. The van der Waals surface area contributed by atoms with E-state index in [-0.39, 0.29) is 23.7 Å². The van der Waals surface area contributed by atoms with Gasteiger partial charge in [0.1, 0.15) is 6.61 Å². The summed E-state index contributed by atoms with van der Waals surface area (Å²) in [5.41, 5.74) is 4.66. The number of carbonyl (C=O) groups excluding carboxylic acids is 1. The Labute approximate surface area is 174 Å². The number of rotatable bonds is 6. The molecule has 2 atom stereocenters. The van der Waals surface area contributed by atoms with E-state index in [9.17, 15) is 14.7 Å². The molecule has 152 valence electrons. The molecule has 4 rings (SSSR count). The molecule has 1 heterocycles. The van der Waals surface area contributed by atoms with Crippen LogP contribution in [0.4, 0.5) is 4.79 Å². The molecule has 0 radical (unpaired) electrons. The first-order valence-electron chi connectivity index (χ1n) is 9.95. The van der Waals surface area contributed by atoms with Crippen molar-refractivity contribution < 1.29 is 19.4 Å². The highest BCUT2D eigenvalue weighted by Crippen LogP contribution is 2.45. The standard InChI is InChI=1S/C23H25NO4S/c1-23(11-6-12-29-23)20(13-21(25)26)24-22(27)28-14-19-17-9-4-2-7-15(17)16-8-3-5-10-18(16)19/h2-5,7-10,19-20H,6,11-14H2,1H3,(H,24,27)(H,25,26). The lowest BCUT2D eigenvalue weighted by Crippen LogP contribution is -2.49. The number of alkyl carbamates (subject to hydrolysis) is 1. The maximum absolute atomic E-state index is 12.6. The van der Waals surface area contributed by atoms with Crippen LogP contribution in [0.25, 0.3) is 11.1 Å². The summed E-state index contributed by atoms with van der Waals surface area (Å²) < 4.78 is 5.33. The lowest BCUT2D eigenvalue weighted by Gasteiger charge is -2.32. The van der Waals surface area contributed by atoms with Gasteiger partial charge in [-0.25, -0.2) is 4.79 Å². The first-order valence-corrected chi connectivity index (χ1v) is 10.9. The van der Waals surface area contributed by atoms with Crippen LogP contribution in [0.2, 0.25) is 0 Å². The second-order valence-electron chi connectivity index (χ2n) is 7.89. The minimum absolute atomic E-state index is 0.0116. The summed E-state index contributed by atoms with van der Waals surface area (Å²) in [7, 11) is 0. The molecule has 2 aliphatic rings. The molecule has 2 aromatic carbocycles. The van der Waals surface area contributed by atoms with E-state index in [1.54, 1.807) is 11.8 Å². The zero-order valence-corrected chi connectivity index (χ0v) is 17.2. The van der Waals surface area contributed by atoms with Crippen molar-refractivity contribution in [2.75, 3.05) is 12.4 Å². The second kappa shape index (κ2) is 8.11. The van der Waals surface area contributed by atoms with E-state index in [1.165, 1.54) is 11.1 Å². The number of ether oxygens (including phenoxy) is 1. The van der Waals surface area contributed by atoms with E-state index in [0.717, 1.165) is 29.7 Å². The maximum atomic E-state index is 12.6. The molecule has 0 aromatic heterocycles. The molecule has 1 amide bonds. The Morgan fingerprint density at radius 1 is 1.17 bits per heavy atom. The van der Waals surface area contributed by atoms with Gasteiger partial charge in [0.2, 0.25) is 0 Å². The van der Waals surface area contributed by atoms with E-state index in [0.29, 0.717) is 0 Å². The number of aliphatic carboxylic acids is 1. The van der Waals surface area contributed by atoms with Crippen molar-refractivity contribution in [3.05, 3.63) is 59.7 Å². The van der Waals surface area contributed by atoms with Gasteiger partial charge >= 0.3 is 12.1 Å². The summed E-state index contributed by atoms with van der Waals surface area (Å²) in [6.07, 6.45) is 1.27. The summed E-state index contributed by atoms with van der Waals surface area (Å²) in [6, 6.07) is 15.9. The Kier molecular flexibility index (Phi) is 5.54. The topological polar surface area (TPSA) is 75.6 Å². The van der Waals surface area contributed by atoms with E-state index < -0.39 is 18.1 Å². The fraction of sp³-hybridized carbons (Fsp3) is 0.391. The molecule has 0 spiro atoms. The van der Waals surface area contributed by atoms with Crippen LogP contribution in [0.5, 0.6) is 0 Å². The van der Waals surface area contributed by atoms with Crippen molar-refractivity contribution in [3.63, 3.8) is 0 Å². The largest absolute Gasteiger partial charge is 0.481 e. The number of carbonyl (C=O) groups is 2. The minimum Gasteiger partial charge on any atom is -0.481 e. The molecule has 1 aliphatic heterocycles. The molecule has 2 unspecified atom stereocenters. The van der Waals surface area contributed by atoms with Crippen molar-refractivity contribution in [1.82, 2.24) is 5.32 Å². The highest BCUT2D eigenvalue weighted by atomic mass is 32.2. The van der Waals surface area contributed by atoms with Crippen molar-refractivity contribution in [2.24, 2.45) is 0 Å². The normalized spacial score (nSPS) is 21.3. The smallest absolute Gasteiger partial charge is 0.407 e. The van der Waals surface area contributed by atoms with Gasteiger partial charge in [-0.15, -0.1) is 0 Å². The Morgan fingerprint density at radius 2 is 1.79 bits per heavy atom. The Bertz CT molecular complexity index is 877. The van der Waals surface area contributed by atoms with E-state index >= 15 is 0 Å². The van der Waals surface area contributed by atoms with Gasteiger partial charge in [-0.1, -0.05) is 48.5 Å². The van der Waals surface area contributed by atoms with Crippen LogP contribution in [-0.4, -0.2) is 40.3 Å². The number of hydrogen-bond acceptors (Lipinski definition) is 4. The van der Waals surface area contributed by atoms with Gasteiger partial charge in [0.05, 0.1) is 12.5 Å². The number of amides is 1. The number of fused-ring (bicyclic) bond motifs is 3. The van der Waals surface area contributed by atoms with Gasteiger partial charge in [-0.2, -0.15) is 11.8 Å². The average molecular weight is 412 g/mol. The van der Waals surface area contributed by atoms with Gasteiger partial charge in [0, 0.05) is 10.7 Å². The molecule has 0 saturated carbocycles. The molecule has 0 bridgehead atoms. The first kappa shape index (κ1) is 19.8. The third kappa shape index (κ3) is 3.99. The Morgan fingerprint density at radius 3 is 2.34 bits per heavy atom. The third-order valence-corrected chi connectivity index (χ3v) is 7.64. The number of carboxylic acid groups (broad SMARTS) is 1. The number of carboxylic acids is 1. The predicted octanol–water partition coefficient (Wildman–Crippen LogP) is 4.65. The summed E-state index contributed by atoms with van der Waals surface area (Å²) >= 11 is 1.73. The third-order valence-electron chi connectivity index (χ3n) is 6.00. The van der Waals surface area contributed by atoms with Crippen LogP contribution in [0, 0.1) is 0 Å². The van der Waals surface area contributed by atoms with Crippen molar-refractivity contribution in [1.29, 1.82) is 0 Å². The average Bonchev–Trinajstić information content (AvgIpc) is 3.28. The van der Waals surface area contributed by atoms with Gasteiger partial charge in [-0.3, -0.25) is 4.79 Å². The Hall–Kier alpha value is -2.47. The molecule has 2 N–H and O–H groups in total. The Balaban J connectivity index is 1.46. The quantitative estimate of drug-likeness (QED) is 0.723. The van der Waals surface area contributed by atoms with Crippen molar-refractivity contribution >= 4 is 23.8 Å². The summed E-state index contributed by atoms with van der Waals surface area (Å²) in [4.78, 5) is 23.9. The molecular formula is C23H25NO4S. The maximum Gasteiger partial charge on any atom is 0.407 e. The van der Waals surface area contributed by atoms with Crippen LogP contribution in [0.3, 0.4) is 0 Å². The SMILES string of the molecule is CC1(C(CC(=O)O)NC(=O)OCC2c3ccccc3-c3ccccc32)CCCS1. The van der Waals surface area contributed by atoms with Crippen LogP contribution >= 0.6 is 11.8 Å². The number of nitrogens with one attached hydrogen (secondary N) is 1. The van der Waals surface area contributed by atoms with Gasteiger partial charge in [0.15, 0.2) is 0 Å². The van der Waals surface area contributed by atoms with Crippen molar-refractivity contribution in [2.45, 2.75) is 42.9 Å². The van der Waals surface area contributed by atoms with Crippen LogP contribution < -0.4 is 5.32 Å². The van der Waals surface area contributed by atoms with Crippen LogP contribution in [0.1, 0.15) is 43.2 Å². The number of thioether (sulfide) groups is 1. The fourth-order valence-corrected chi connectivity index (χ4v) is 5.84. The lowest BCUT2D eigenvalue weighted by atomic mass is 9.93. The number of benzene rings is 2. The van der Waals surface area contributed by atoms with E-state index in [2.05, 4.69) is 29.6 Å². The zero-order chi connectivity index (χ0) is 20.4. The second-order valence-corrected chi connectivity index (χ2v) is 9.51. The lowest BCUT2D eigenvalue weighted by molar-refractivity contribution is -0.137. The molecule has 6 heteroatoms. The monoisotopic (exact) mass is 411 g/mol. The van der Waals surface area contributed by atoms with Gasteiger partial charge in [0.25, 0.3) is 0 Å². The van der Waals surface area contributed by atoms with E-state index in [1.807, 2.05) is 31.2 Å². The molecule has 2 aromatic rings. The fourth-order valence-electron chi connectivity index (χ4n) is 4.45. The number of hydrogen-bond donors (Lipinski definition) is 2. The van der Waals surface area contributed by atoms with Crippen LogP contribution in [-0.2, 0) is 9.53 Å². The molecule has 1 saturated heterocycles. The summed E-state index contributed by atoms with van der Waals surface area (Å²) in [6.45, 7) is 2.26. The summed E-state index contributed by atoms with van der Waals surface area (Å²) in [5.74, 6) is 0.0594. The van der Waals surface area contributed by atoms with E-state index in [4.69, 9.17) is 4.74 Å². The van der Waals surface area contributed by atoms with Crippen molar-refractivity contribution in [3.8, 4) is 11.1 Å². The predicted molar refractivity (Wildman–Crippen MR) is 114 cm³/mol. The van der Waals surface area contributed by atoms with Crippen LogP contribution in [0.15, 0.2) is 48.5 Å². The highest BCUT2D eigenvalue weighted by Gasteiger charge is 2.40. The highest BCUT2D eigenvalue weighted by molar-refractivity contribution is 8.00. The molecule has 1 fully saturated rings. The van der Waals surface area contributed by atoms with Gasteiger partial charge in [-0.05, 0) is 47.8 Å². The zero-order valence-electron chi connectivity index (χ0n) is 16.4.